The van der Waals surface area contributed by atoms with Crippen molar-refractivity contribution in [3.63, 3.8) is 0 Å². The van der Waals surface area contributed by atoms with E-state index in [0.29, 0.717) is 24.9 Å². The Kier molecular flexibility index (Phi) is 5.65. The van der Waals surface area contributed by atoms with Crippen molar-refractivity contribution in [2.75, 3.05) is 30.0 Å². The summed E-state index contributed by atoms with van der Waals surface area (Å²) in [6.45, 7) is 8.95. The van der Waals surface area contributed by atoms with Gasteiger partial charge in [0.15, 0.2) is 5.82 Å². The Hall–Kier alpha value is -1.40. The molecule has 0 saturated heterocycles. The Bertz CT molecular complexity index is 341. The summed E-state index contributed by atoms with van der Waals surface area (Å²) in [5.41, 5.74) is 2.55. The predicted octanol–water partition coefficient (Wildman–Crippen LogP) is 1.14. The van der Waals surface area contributed by atoms with Crippen LogP contribution in [0.5, 0.6) is 0 Å². The van der Waals surface area contributed by atoms with E-state index in [-0.39, 0.29) is 0 Å². The summed E-state index contributed by atoms with van der Waals surface area (Å²) in [5.74, 6) is 7.52. The second kappa shape index (κ2) is 7.03. The maximum Gasteiger partial charge on any atom is 0.158 e. The zero-order valence-electron chi connectivity index (χ0n) is 10.7. The molecule has 0 atom stereocenters. The van der Waals surface area contributed by atoms with Crippen LogP contribution in [0.2, 0.25) is 0 Å². The van der Waals surface area contributed by atoms with Gasteiger partial charge in [-0.05, 0) is 20.8 Å². The fourth-order valence-corrected chi connectivity index (χ4v) is 1.52. The lowest BCUT2D eigenvalue weighted by molar-refractivity contribution is 0.128. The summed E-state index contributed by atoms with van der Waals surface area (Å²) < 4.78 is 5.31. The Morgan fingerprint density at radius 2 is 2.00 bits per heavy atom. The Balaban J connectivity index is 2.95. The second-order valence-electron chi connectivity index (χ2n) is 3.48. The van der Waals surface area contributed by atoms with Crippen molar-refractivity contribution in [1.82, 2.24) is 9.97 Å². The van der Waals surface area contributed by atoms with E-state index in [0.717, 1.165) is 18.9 Å². The van der Waals surface area contributed by atoms with Gasteiger partial charge in [-0.3, -0.25) is 0 Å². The zero-order valence-corrected chi connectivity index (χ0v) is 10.7. The number of hydrazine groups is 1. The molecule has 0 radical (unpaired) electrons. The number of nitrogens with zero attached hydrogens (tertiary/aromatic N) is 3. The average Bonchev–Trinajstić information content (AvgIpc) is 2.37. The van der Waals surface area contributed by atoms with Crippen LogP contribution in [-0.2, 0) is 11.3 Å². The van der Waals surface area contributed by atoms with Crippen molar-refractivity contribution in [3.8, 4) is 0 Å². The van der Waals surface area contributed by atoms with Gasteiger partial charge in [0.25, 0.3) is 0 Å². The van der Waals surface area contributed by atoms with Crippen LogP contribution in [0.3, 0.4) is 0 Å². The Morgan fingerprint density at radius 3 is 2.53 bits per heavy atom. The lowest BCUT2D eigenvalue weighted by Gasteiger charge is -2.20. The first kappa shape index (κ1) is 13.7. The molecule has 96 valence electrons. The van der Waals surface area contributed by atoms with Gasteiger partial charge in [0.1, 0.15) is 18.2 Å². The molecule has 0 spiro atoms. The number of hydrogen-bond acceptors (Lipinski definition) is 6. The quantitative estimate of drug-likeness (QED) is 0.549. The maximum atomic E-state index is 5.40. The zero-order chi connectivity index (χ0) is 12.7. The van der Waals surface area contributed by atoms with E-state index in [4.69, 9.17) is 10.6 Å². The number of anilines is 2. The minimum atomic E-state index is 0.403. The monoisotopic (exact) mass is 239 g/mol. The third-order valence-electron chi connectivity index (χ3n) is 2.43. The van der Waals surface area contributed by atoms with Crippen LogP contribution in [0.1, 0.15) is 26.6 Å². The van der Waals surface area contributed by atoms with Crippen LogP contribution in [0.15, 0.2) is 6.07 Å². The molecule has 0 fully saturated rings. The molecule has 0 amide bonds. The molecular weight excluding hydrogens is 218 g/mol. The SMILES string of the molecule is CCOCc1nc(NN)cc(N(CC)CC)n1. The summed E-state index contributed by atoms with van der Waals surface area (Å²) >= 11 is 0. The Labute approximate surface area is 102 Å². The summed E-state index contributed by atoms with van der Waals surface area (Å²) in [5, 5.41) is 0. The molecule has 1 heterocycles. The lowest BCUT2D eigenvalue weighted by Crippen LogP contribution is -2.24. The van der Waals surface area contributed by atoms with E-state index in [2.05, 4.69) is 34.1 Å². The molecule has 6 nitrogen and oxygen atoms in total. The molecule has 1 aromatic rings. The highest BCUT2D eigenvalue weighted by atomic mass is 16.5. The van der Waals surface area contributed by atoms with E-state index in [1.165, 1.54) is 0 Å². The number of ether oxygens (including phenoxy) is 1. The van der Waals surface area contributed by atoms with Crippen molar-refractivity contribution in [2.45, 2.75) is 27.4 Å². The number of nitrogen functional groups attached to an aromatic ring is 1. The van der Waals surface area contributed by atoms with Crippen LogP contribution in [0, 0.1) is 0 Å². The van der Waals surface area contributed by atoms with E-state index < -0.39 is 0 Å². The molecule has 17 heavy (non-hydrogen) atoms. The molecule has 0 unspecified atom stereocenters. The first-order valence-electron chi connectivity index (χ1n) is 5.92. The average molecular weight is 239 g/mol. The minimum absolute atomic E-state index is 0.403. The Morgan fingerprint density at radius 1 is 1.29 bits per heavy atom. The highest BCUT2D eigenvalue weighted by Crippen LogP contribution is 2.15. The third kappa shape index (κ3) is 3.83. The molecule has 0 aliphatic rings. The van der Waals surface area contributed by atoms with E-state index in [1.54, 1.807) is 0 Å². The molecule has 0 aliphatic carbocycles. The highest BCUT2D eigenvalue weighted by Gasteiger charge is 2.08. The maximum absolute atomic E-state index is 5.40. The number of hydrogen-bond donors (Lipinski definition) is 2. The van der Waals surface area contributed by atoms with Gasteiger partial charge in [-0.1, -0.05) is 0 Å². The fourth-order valence-electron chi connectivity index (χ4n) is 1.52. The molecule has 3 N–H and O–H groups in total. The van der Waals surface area contributed by atoms with Gasteiger partial charge in [0.05, 0.1) is 0 Å². The number of nitrogens with two attached hydrogens (primary N) is 1. The van der Waals surface area contributed by atoms with Crippen molar-refractivity contribution in [1.29, 1.82) is 0 Å². The molecule has 1 aromatic heterocycles. The third-order valence-corrected chi connectivity index (χ3v) is 2.43. The summed E-state index contributed by atoms with van der Waals surface area (Å²) in [7, 11) is 0. The standard InChI is InChI=1S/C11H21N5O/c1-4-16(5-2)11-7-9(15-12)13-10(14-11)8-17-6-3/h7H,4-6,8,12H2,1-3H3,(H,13,14,15). The molecule has 0 aromatic carbocycles. The van der Waals surface area contributed by atoms with Gasteiger partial charge < -0.3 is 15.1 Å². The first-order chi connectivity index (χ1) is 8.24. The van der Waals surface area contributed by atoms with Crippen molar-refractivity contribution in [2.24, 2.45) is 5.84 Å². The van der Waals surface area contributed by atoms with Gasteiger partial charge in [-0.15, -0.1) is 0 Å². The van der Waals surface area contributed by atoms with E-state index in [9.17, 15) is 0 Å². The highest BCUT2D eigenvalue weighted by molar-refractivity contribution is 5.48. The van der Waals surface area contributed by atoms with Gasteiger partial charge >= 0.3 is 0 Å². The molecule has 0 saturated carbocycles. The molecular formula is C11H21N5O. The summed E-state index contributed by atoms with van der Waals surface area (Å²) in [6.07, 6.45) is 0. The van der Waals surface area contributed by atoms with Crippen LogP contribution >= 0.6 is 0 Å². The van der Waals surface area contributed by atoms with Crippen LogP contribution in [0.4, 0.5) is 11.6 Å². The lowest BCUT2D eigenvalue weighted by atomic mass is 10.4. The predicted molar refractivity (Wildman–Crippen MR) is 68.7 cm³/mol. The normalized spacial score (nSPS) is 10.4. The molecule has 0 bridgehead atoms. The fraction of sp³-hybridized carbons (Fsp3) is 0.636. The number of nitrogens with one attached hydrogen (secondary N) is 1. The second-order valence-corrected chi connectivity index (χ2v) is 3.48. The minimum Gasteiger partial charge on any atom is -0.374 e. The van der Waals surface area contributed by atoms with Crippen molar-refractivity contribution < 1.29 is 4.74 Å². The van der Waals surface area contributed by atoms with Crippen molar-refractivity contribution in [3.05, 3.63) is 11.9 Å². The molecule has 1 rings (SSSR count). The van der Waals surface area contributed by atoms with Gasteiger partial charge in [-0.25, -0.2) is 15.8 Å². The summed E-state index contributed by atoms with van der Waals surface area (Å²) in [6, 6.07) is 1.84. The van der Waals surface area contributed by atoms with Gasteiger partial charge in [-0.2, -0.15) is 0 Å². The van der Waals surface area contributed by atoms with E-state index in [1.807, 2.05) is 13.0 Å². The van der Waals surface area contributed by atoms with Crippen LogP contribution < -0.4 is 16.2 Å². The molecule has 6 heteroatoms. The molecule has 0 aliphatic heterocycles. The van der Waals surface area contributed by atoms with Crippen molar-refractivity contribution >= 4 is 11.6 Å². The number of aromatic nitrogens is 2. The topological polar surface area (TPSA) is 76.3 Å². The number of rotatable bonds is 7. The van der Waals surface area contributed by atoms with Gasteiger partial charge in [0.2, 0.25) is 0 Å². The van der Waals surface area contributed by atoms with E-state index >= 15 is 0 Å². The van der Waals surface area contributed by atoms with Crippen LogP contribution in [0.25, 0.3) is 0 Å². The van der Waals surface area contributed by atoms with Crippen LogP contribution in [-0.4, -0.2) is 29.7 Å². The largest absolute Gasteiger partial charge is 0.374 e. The van der Waals surface area contributed by atoms with Gasteiger partial charge in [0, 0.05) is 25.8 Å². The smallest absolute Gasteiger partial charge is 0.158 e. The first-order valence-corrected chi connectivity index (χ1v) is 5.92. The summed E-state index contributed by atoms with van der Waals surface area (Å²) in [4.78, 5) is 10.8.